The van der Waals surface area contributed by atoms with Crippen LogP contribution in [0.15, 0.2) is 66.7 Å². The second-order valence-corrected chi connectivity index (χ2v) is 10.4. The molecular weight excluding hydrogens is 521 g/mol. The zero-order chi connectivity index (χ0) is 28.3. The van der Waals surface area contributed by atoms with E-state index >= 15 is 0 Å². The minimum absolute atomic E-state index is 0.0261. The quantitative estimate of drug-likeness (QED) is 0.337. The Morgan fingerprint density at radius 2 is 1.63 bits per heavy atom. The maximum absolute atomic E-state index is 14.6. The molecule has 3 heterocycles. The number of aromatic nitrogens is 1. The number of ether oxygens (including phenoxy) is 1. The number of fused-ring (bicyclic) bond motifs is 2. The van der Waals surface area contributed by atoms with E-state index in [0.717, 1.165) is 67.8 Å². The zero-order valence-electron chi connectivity index (χ0n) is 23.0. The smallest absolute Gasteiger partial charge is 0.255 e. The summed E-state index contributed by atoms with van der Waals surface area (Å²) in [5, 5.41) is 6.23. The molecule has 0 atom stereocenters. The van der Waals surface area contributed by atoms with Gasteiger partial charge in [-0.1, -0.05) is 19.1 Å². The third-order valence-electron chi connectivity index (χ3n) is 7.74. The molecule has 0 radical (unpaired) electrons. The predicted octanol–water partition coefficient (Wildman–Crippen LogP) is 4.95. The number of likely N-dealkylation sites (N-methyl/N-ethyl adjacent to an activating group) is 1. The van der Waals surface area contributed by atoms with Crippen LogP contribution in [0.4, 0.5) is 15.8 Å². The number of hydrogen-bond acceptors (Lipinski definition) is 6. The third-order valence-corrected chi connectivity index (χ3v) is 7.74. The molecule has 2 N–H and O–H groups in total. The first-order chi connectivity index (χ1) is 19.9. The zero-order valence-corrected chi connectivity index (χ0v) is 23.0. The molecule has 8 nitrogen and oxygen atoms in total. The van der Waals surface area contributed by atoms with Crippen molar-refractivity contribution in [2.45, 2.75) is 19.9 Å². The number of amides is 2. The summed E-state index contributed by atoms with van der Waals surface area (Å²) in [6.07, 6.45) is 0.823. The van der Waals surface area contributed by atoms with Crippen molar-refractivity contribution < 1.29 is 18.7 Å². The molecule has 0 spiro atoms. The van der Waals surface area contributed by atoms with Crippen LogP contribution in [0.1, 0.15) is 38.9 Å². The van der Waals surface area contributed by atoms with Crippen molar-refractivity contribution in [3.63, 3.8) is 0 Å². The lowest BCUT2D eigenvalue weighted by Crippen LogP contribution is -2.45. The molecule has 2 amide bonds. The molecule has 0 saturated carbocycles. The number of carbonyl (C=O) groups excluding carboxylic acids is 2. The van der Waals surface area contributed by atoms with Crippen LogP contribution in [-0.4, -0.2) is 65.9 Å². The standard InChI is InChI=1S/C32H32FN5O3/c1-2-37-12-14-38(15-13-37)20-26-7-5-22-17-23(6-10-28(22)34-26)32(40)36-29-19-25(8-9-27(29)33)35-31(39)24-4-3-21-11-16-41-30(21)18-24/h3-10,17-19H,2,11-16,20H2,1H3,(H,35,39)(H,36,40). The first-order valence-electron chi connectivity index (χ1n) is 14.0. The third kappa shape index (κ3) is 6.06. The van der Waals surface area contributed by atoms with Crippen molar-refractivity contribution in [2.75, 3.05) is 50.0 Å². The number of hydrogen-bond donors (Lipinski definition) is 2. The topological polar surface area (TPSA) is 86.8 Å². The van der Waals surface area contributed by atoms with Gasteiger partial charge in [-0.25, -0.2) is 4.39 Å². The van der Waals surface area contributed by atoms with E-state index in [9.17, 15) is 14.0 Å². The molecular formula is C32H32FN5O3. The molecule has 4 aromatic rings. The molecule has 2 aliphatic rings. The minimum atomic E-state index is -0.603. The van der Waals surface area contributed by atoms with Gasteiger partial charge in [-0.3, -0.25) is 19.5 Å². The van der Waals surface area contributed by atoms with Crippen LogP contribution >= 0.6 is 0 Å². The molecule has 1 fully saturated rings. The van der Waals surface area contributed by atoms with E-state index in [0.29, 0.717) is 29.2 Å². The Morgan fingerprint density at radius 3 is 2.46 bits per heavy atom. The fraction of sp³-hybridized carbons (Fsp3) is 0.281. The molecule has 210 valence electrons. The molecule has 0 bridgehead atoms. The van der Waals surface area contributed by atoms with E-state index in [4.69, 9.17) is 9.72 Å². The molecule has 1 saturated heterocycles. The average Bonchev–Trinajstić information content (AvgIpc) is 3.47. The maximum Gasteiger partial charge on any atom is 0.255 e. The van der Waals surface area contributed by atoms with Crippen LogP contribution in [0.2, 0.25) is 0 Å². The summed E-state index contributed by atoms with van der Waals surface area (Å²) < 4.78 is 20.2. The van der Waals surface area contributed by atoms with Gasteiger partial charge in [0, 0.05) is 61.3 Å². The normalized spacial score (nSPS) is 15.4. The van der Waals surface area contributed by atoms with Crippen LogP contribution in [0.5, 0.6) is 5.75 Å². The lowest BCUT2D eigenvalue weighted by Gasteiger charge is -2.33. The molecule has 6 rings (SSSR count). The summed E-state index contributed by atoms with van der Waals surface area (Å²) in [4.78, 5) is 35.5. The fourth-order valence-electron chi connectivity index (χ4n) is 5.29. The molecule has 3 aromatic carbocycles. The van der Waals surface area contributed by atoms with E-state index in [1.54, 1.807) is 24.3 Å². The summed E-state index contributed by atoms with van der Waals surface area (Å²) in [5.41, 5.74) is 4.02. The number of rotatable bonds is 7. The number of pyridine rings is 1. The van der Waals surface area contributed by atoms with E-state index in [-0.39, 0.29) is 11.6 Å². The molecule has 2 aliphatic heterocycles. The number of anilines is 2. The van der Waals surface area contributed by atoms with Gasteiger partial charge in [-0.05, 0) is 66.7 Å². The highest BCUT2D eigenvalue weighted by Gasteiger charge is 2.18. The largest absolute Gasteiger partial charge is 0.493 e. The Hall–Kier alpha value is -4.34. The Labute approximate surface area is 238 Å². The van der Waals surface area contributed by atoms with Crippen LogP contribution < -0.4 is 15.4 Å². The molecule has 1 aromatic heterocycles. The Morgan fingerprint density at radius 1 is 0.878 bits per heavy atom. The highest BCUT2D eigenvalue weighted by molar-refractivity contribution is 6.07. The Kier molecular flexibility index (Phi) is 7.63. The lowest BCUT2D eigenvalue weighted by atomic mass is 10.1. The highest BCUT2D eigenvalue weighted by Crippen LogP contribution is 2.27. The van der Waals surface area contributed by atoms with Crippen LogP contribution in [0, 0.1) is 5.82 Å². The van der Waals surface area contributed by atoms with Gasteiger partial charge >= 0.3 is 0 Å². The second kappa shape index (κ2) is 11.6. The van der Waals surface area contributed by atoms with Crippen molar-refractivity contribution >= 4 is 34.1 Å². The molecule has 41 heavy (non-hydrogen) atoms. The summed E-state index contributed by atoms with van der Waals surface area (Å²) in [5.74, 6) is -0.703. The van der Waals surface area contributed by atoms with Crippen molar-refractivity contribution in [3.8, 4) is 5.75 Å². The number of piperazine rings is 1. The van der Waals surface area contributed by atoms with Gasteiger partial charge in [0.05, 0.1) is 23.5 Å². The van der Waals surface area contributed by atoms with Gasteiger partial charge in [0.1, 0.15) is 11.6 Å². The van der Waals surface area contributed by atoms with Gasteiger partial charge < -0.3 is 20.3 Å². The van der Waals surface area contributed by atoms with Gasteiger partial charge in [-0.15, -0.1) is 0 Å². The van der Waals surface area contributed by atoms with Gasteiger partial charge in [-0.2, -0.15) is 0 Å². The van der Waals surface area contributed by atoms with Gasteiger partial charge in [0.25, 0.3) is 11.8 Å². The highest BCUT2D eigenvalue weighted by atomic mass is 19.1. The van der Waals surface area contributed by atoms with Crippen molar-refractivity contribution in [1.29, 1.82) is 0 Å². The van der Waals surface area contributed by atoms with E-state index in [1.807, 2.05) is 24.3 Å². The molecule has 9 heteroatoms. The van der Waals surface area contributed by atoms with E-state index in [1.165, 1.54) is 18.2 Å². The Balaban J connectivity index is 1.11. The monoisotopic (exact) mass is 553 g/mol. The van der Waals surface area contributed by atoms with E-state index < -0.39 is 11.7 Å². The van der Waals surface area contributed by atoms with Gasteiger partial charge in [0.15, 0.2) is 0 Å². The number of nitrogens with zero attached hydrogens (tertiary/aromatic N) is 3. The van der Waals surface area contributed by atoms with Crippen molar-refractivity contribution in [2.24, 2.45) is 0 Å². The van der Waals surface area contributed by atoms with Crippen LogP contribution in [0.25, 0.3) is 10.9 Å². The van der Waals surface area contributed by atoms with Crippen molar-refractivity contribution in [1.82, 2.24) is 14.8 Å². The average molecular weight is 554 g/mol. The van der Waals surface area contributed by atoms with Crippen LogP contribution in [0.3, 0.4) is 0 Å². The second-order valence-electron chi connectivity index (χ2n) is 10.4. The summed E-state index contributed by atoms with van der Waals surface area (Å²) in [6.45, 7) is 8.86. The summed E-state index contributed by atoms with van der Waals surface area (Å²) in [6, 6.07) is 18.6. The number of halogens is 1. The summed E-state index contributed by atoms with van der Waals surface area (Å²) in [7, 11) is 0. The maximum atomic E-state index is 14.6. The fourth-order valence-corrected chi connectivity index (χ4v) is 5.29. The summed E-state index contributed by atoms with van der Waals surface area (Å²) >= 11 is 0. The van der Waals surface area contributed by atoms with Gasteiger partial charge in [0.2, 0.25) is 0 Å². The van der Waals surface area contributed by atoms with Crippen molar-refractivity contribution in [3.05, 3.63) is 94.9 Å². The minimum Gasteiger partial charge on any atom is -0.493 e. The predicted molar refractivity (Wildman–Crippen MR) is 157 cm³/mol. The SMILES string of the molecule is CCN1CCN(Cc2ccc3cc(C(=O)Nc4cc(NC(=O)c5ccc6c(c5)OCC6)ccc4F)ccc3n2)CC1. The number of carbonyl (C=O) groups is 2. The molecule has 0 unspecified atom stereocenters. The molecule has 0 aliphatic carbocycles. The number of benzene rings is 3. The Bertz CT molecular complexity index is 1620. The first kappa shape index (κ1) is 26.9. The first-order valence-corrected chi connectivity index (χ1v) is 14.0. The lowest BCUT2D eigenvalue weighted by molar-refractivity contribution is 0.101. The van der Waals surface area contributed by atoms with E-state index in [2.05, 4.69) is 27.4 Å². The number of nitrogens with one attached hydrogen (secondary N) is 2. The van der Waals surface area contributed by atoms with Crippen LogP contribution in [-0.2, 0) is 13.0 Å².